The van der Waals surface area contributed by atoms with Gasteiger partial charge in [0.25, 0.3) is 0 Å². The highest BCUT2D eigenvalue weighted by Gasteiger charge is 2.25. The van der Waals surface area contributed by atoms with Gasteiger partial charge in [-0.05, 0) is 19.4 Å². The average Bonchev–Trinajstić information content (AvgIpc) is 2.45. The van der Waals surface area contributed by atoms with Crippen LogP contribution in [0.4, 0.5) is 0 Å². The molecule has 0 aliphatic heterocycles. The van der Waals surface area contributed by atoms with Gasteiger partial charge in [-0.1, -0.05) is 30.3 Å². The van der Waals surface area contributed by atoms with Crippen LogP contribution in [0.3, 0.4) is 0 Å². The summed E-state index contributed by atoms with van der Waals surface area (Å²) in [6.45, 7) is 3.39. The Morgan fingerprint density at radius 1 is 1.10 bits per heavy atom. The van der Waals surface area contributed by atoms with E-state index in [-0.39, 0.29) is 13.2 Å². The zero-order chi connectivity index (χ0) is 15.0. The van der Waals surface area contributed by atoms with Crippen molar-refractivity contribution in [2.75, 3.05) is 6.61 Å². The van der Waals surface area contributed by atoms with Crippen molar-refractivity contribution in [3.8, 4) is 0 Å². The smallest absolute Gasteiger partial charge is 0.316 e. The number of ketones is 1. The van der Waals surface area contributed by atoms with Gasteiger partial charge in [0, 0.05) is 0 Å². The lowest BCUT2D eigenvalue weighted by molar-refractivity contribution is -0.154. The van der Waals surface area contributed by atoms with Crippen LogP contribution in [-0.4, -0.2) is 24.3 Å². The van der Waals surface area contributed by atoms with Crippen LogP contribution in [-0.2, 0) is 30.5 Å². The zero-order valence-corrected chi connectivity index (χ0v) is 11.6. The molecule has 0 unspecified atom stereocenters. The number of carbonyl (C=O) groups excluding carboxylic acids is 3. The van der Waals surface area contributed by atoms with Gasteiger partial charge in [-0.15, -0.1) is 0 Å². The highest BCUT2D eigenvalue weighted by atomic mass is 16.5. The molecule has 0 saturated heterocycles. The van der Waals surface area contributed by atoms with E-state index in [9.17, 15) is 14.4 Å². The number of hydrogen-bond acceptors (Lipinski definition) is 5. The molecular weight excluding hydrogens is 260 g/mol. The highest BCUT2D eigenvalue weighted by Crippen LogP contribution is 2.08. The first-order valence-electron chi connectivity index (χ1n) is 6.43. The van der Waals surface area contributed by atoms with E-state index in [1.807, 2.05) is 30.3 Å². The molecule has 0 aliphatic rings. The third-order valence-electron chi connectivity index (χ3n) is 2.68. The Kier molecular flexibility index (Phi) is 6.43. The summed E-state index contributed by atoms with van der Waals surface area (Å²) in [5.74, 6) is -2.73. The van der Waals surface area contributed by atoms with Crippen molar-refractivity contribution < 1.29 is 23.9 Å². The van der Waals surface area contributed by atoms with Gasteiger partial charge in [-0.3, -0.25) is 14.4 Å². The van der Waals surface area contributed by atoms with E-state index in [0.717, 1.165) is 5.56 Å². The molecular formula is C15H18O5. The predicted molar refractivity (Wildman–Crippen MR) is 71.7 cm³/mol. The fraction of sp³-hybridized carbons (Fsp3) is 0.400. The highest BCUT2D eigenvalue weighted by molar-refractivity contribution is 6.05. The molecule has 0 spiro atoms. The van der Waals surface area contributed by atoms with Gasteiger partial charge in [0.1, 0.15) is 18.9 Å². The maximum atomic E-state index is 11.7. The molecule has 1 aromatic carbocycles. The van der Waals surface area contributed by atoms with Crippen molar-refractivity contribution in [2.24, 2.45) is 5.92 Å². The molecule has 1 atom stereocenters. The number of esters is 2. The Morgan fingerprint density at radius 3 is 2.35 bits per heavy atom. The lowest BCUT2D eigenvalue weighted by Gasteiger charge is -2.10. The summed E-state index contributed by atoms with van der Waals surface area (Å²) < 4.78 is 9.70. The molecule has 1 rings (SSSR count). The van der Waals surface area contributed by atoms with Crippen LogP contribution in [0.1, 0.15) is 25.8 Å². The first-order valence-corrected chi connectivity index (χ1v) is 6.43. The second-order valence-electron chi connectivity index (χ2n) is 4.26. The number of hydrogen-bond donors (Lipinski definition) is 0. The second-order valence-corrected chi connectivity index (χ2v) is 4.26. The van der Waals surface area contributed by atoms with Crippen molar-refractivity contribution in [3.05, 3.63) is 35.9 Å². The first-order chi connectivity index (χ1) is 9.54. The van der Waals surface area contributed by atoms with Gasteiger partial charge in [0.15, 0.2) is 5.78 Å². The zero-order valence-electron chi connectivity index (χ0n) is 11.6. The summed E-state index contributed by atoms with van der Waals surface area (Å²) in [6, 6.07) is 9.16. The van der Waals surface area contributed by atoms with E-state index in [4.69, 9.17) is 4.74 Å². The van der Waals surface area contributed by atoms with E-state index >= 15 is 0 Å². The number of ether oxygens (including phenoxy) is 2. The molecule has 0 amide bonds. The Labute approximate surface area is 117 Å². The monoisotopic (exact) mass is 278 g/mol. The van der Waals surface area contributed by atoms with Gasteiger partial charge in [-0.2, -0.15) is 0 Å². The molecule has 5 nitrogen and oxygen atoms in total. The second kappa shape index (κ2) is 8.09. The summed E-state index contributed by atoms with van der Waals surface area (Å²) >= 11 is 0. The third kappa shape index (κ3) is 5.22. The predicted octanol–water partition coefficient (Wildman–Crippen LogP) is 1.89. The fourth-order valence-electron chi connectivity index (χ4n) is 1.49. The minimum Gasteiger partial charge on any atom is -0.466 e. The molecule has 0 N–H and O–H groups in total. The summed E-state index contributed by atoms with van der Waals surface area (Å²) in [6.07, 6.45) is -0.407. The normalized spacial score (nSPS) is 11.5. The minimum absolute atomic E-state index is 0.108. The molecule has 1 aromatic rings. The van der Waals surface area contributed by atoms with Gasteiger partial charge >= 0.3 is 11.9 Å². The van der Waals surface area contributed by atoms with Crippen molar-refractivity contribution >= 4 is 17.7 Å². The van der Waals surface area contributed by atoms with E-state index in [2.05, 4.69) is 4.74 Å². The summed E-state index contributed by atoms with van der Waals surface area (Å²) in [5, 5.41) is 0. The molecule has 0 aromatic heterocycles. The fourth-order valence-corrected chi connectivity index (χ4v) is 1.49. The summed E-state index contributed by atoms with van der Waals surface area (Å²) in [7, 11) is 0. The number of rotatable bonds is 7. The Morgan fingerprint density at radius 2 is 1.75 bits per heavy atom. The number of benzene rings is 1. The van der Waals surface area contributed by atoms with Crippen LogP contribution in [0.2, 0.25) is 0 Å². The maximum Gasteiger partial charge on any atom is 0.316 e. The molecule has 0 aliphatic carbocycles. The minimum atomic E-state index is -0.969. The Balaban J connectivity index is 2.42. The SMILES string of the molecule is CCOC(=O)CC(=O)[C@@H](C)C(=O)OCc1ccccc1. The van der Waals surface area contributed by atoms with Crippen molar-refractivity contribution in [2.45, 2.75) is 26.9 Å². The van der Waals surface area contributed by atoms with Crippen molar-refractivity contribution in [3.63, 3.8) is 0 Å². The van der Waals surface area contributed by atoms with Crippen molar-refractivity contribution in [1.82, 2.24) is 0 Å². The van der Waals surface area contributed by atoms with E-state index in [0.29, 0.717) is 0 Å². The molecule has 0 fully saturated rings. The van der Waals surface area contributed by atoms with Gasteiger partial charge in [-0.25, -0.2) is 0 Å². The maximum absolute atomic E-state index is 11.7. The summed E-state index contributed by atoms with van der Waals surface area (Å²) in [4.78, 5) is 34.5. The lowest BCUT2D eigenvalue weighted by atomic mass is 10.0. The Bertz CT molecular complexity index is 466. The molecule has 20 heavy (non-hydrogen) atoms. The first kappa shape index (κ1) is 15.9. The Hall–Kier alpha value is -2.17. The summed E-state index contributed by atoms with van der Waals surface area (Å²) in [5.41, 5.74) is 0.839. The van der Waals surface area contributed by atoms with Crippen LogP contribution < -0.4 is 0 Å². The number of carbonyl (C=O) groups is 3. The van der Waals surface area contributed by atoms with Crippen LogP contribution >= 0.6 is 0 Å². The quantitative estimate of drug-likeness (QED) is 0.562. The molecule has 0 saturated carbocycles. The molecule has 5 heteroatoms. The average molecular weight is 278 g/mol. The lowest BCUT2D eigenvalue weighted by Crippen LogP contribution is -2.25. The third-order valence-corrected chi connectivity index (χ3v) is 2.68. The number of Topliss-reactive ketones (excluding diaryl/α,β-unsaturated/α-hetero) is 1. The van der Waals surface area contributed by atoms with E-state index < -0.39 is 30.1 Å². The van der Waals surface area contributed by atoms with Gasteiger partial charge in [0.2, 0.25) is 0 Å². The van der Waals surface area contributed by atoms with E-state index in [1.54, 1.807) is 6.92 Å². The van der Waals surface area contributed by atoms with Crippen LogP contribution in [0.5, 0.6) is 0 Å². The van der Waals surface area contributed by atoms with Gasteiger partial charge < -0.3 is 9.47 Å². The largest absolute Gasteiger partial charge is 0.466 e. The van der Waals surface area contributed by atoms with Crippen LogP contribution in [0.15, 0.2) is 30.3 Å². The van der Waals surface area contributed by atoms with Gasteiger partial charge in [0.05, 0.1) is 6.61 Å². The molecule has 0 heterocycles. The van der Waals surface area contributed by atoms with E-state index in [1.165, 1.54) is 6.92 Å². The molecule has 0 radical (unpaired) electrons. The molecule has 0 bridgehead atoms. The topological polar surface area (TPSA) is 69.7 Å². The molecule has 108 valence electrons. The van der Waals surface area contributed by atoms with Crippen LogP contribution in [0.25, 0.3) is 0 Å². The van der Waals surface area contributed by atoms with Crippen molar-refractivity contribution in [1.29, 1.82) is 0 Å². The van der Waals surface area contributed by atoms with Crippen LogP contribution in [0, 0.1) is 5.92 Å². The standard InChI is InChI=1S/C15H18O5/c1-3-19-14(17)9-13(16)11(2)15(18)20-10-12-7-5-4-6-8-12/h4-8,11H,3,9-10H2,1-2H3/t11-/m1/s1.